The number of thiazole rings is 1. The monoisotopic (exact) mass is 333 g/mol. The summed E-state index contributed by atoms with van der Waals surface area (Å²) in [6.07, 6.45) is 0.164. The van der Waals surface area contributed by atoms with E-state index in [-0.39, 0.29) is 12.4 Å². The first-order valence-electron chi connectivity index (χ1n) is 7.17. The van der Waals surface area contributed by atoms with Gasteiger partial charge < -0.3 is 9.47 Å². The van der Waals surface area contributed by atoms with Crippen LogP contribution >= 0.6 is 11.3 Å². The van der Waals surface area contributed by atoms with Crippen molar-refractivity contribution in [2.24, 2.45) is 5.10 Å². The predicted octanol–water partition coefficient (Wildman–Crippen LogP) is 3.56. The minimum Gasteiger partial charge on any atom is -0.497 e. The van der Waals surface area contributed by atoms with Crippen LogP contribution in [0.15, 0.2) is 34.7 Å². The first-order chi connectivity index (χ1) is 11.1. The second kappa shape index (κ2) is 8.28. The maximum atomic E-state index is 11.4. The third-order valence-electron chi connectivity index (χ3n) is 2.94. The van der Waals surface area contributed by atoms with Gasteiger partial charge in [-0.2, -0.15) is 5.10 Å². The highest BCUT2D eigenvalue weighted by molar-refractivity contribution is 7.14. The van der Waals surface area contributed by atoms with E-state index in [0.29, 0.717) is 17.5 Å². The molecule has 1 heterocycles. The molecule has 0 aliphatic rings. The van der Waals surface area contributed by atoms with Crippen LogP contribution in [0.1, 0.15) is 20.3 Å². The van der Waals surface area contributed by atoms with E-state index in [1.54, 1.807) is 21.0 Å². The number of carbonyl (C=O) groups excluding carboxylic acids is 1. The number of hydrogen-bond donors (Lipinski definition) is 1. The first kappa shape index (κ1) is 17.0. The van der Waals surface area contributed by atoms with Gasteiger partial charge in [0.1, 0.15) is 5.75 Å². The van der Waals surface area contributed by atoms with Crippen LogP contribution in [0.4, 0.5) is 5.13 Å². The van der Waals surface area contributed by atoms with E-state index in [1.807, 2.05) is 29.6 Å². The Hall–Kier alpha value is -2.41. The van der Waals surface area contributed by atoms with Crippen molar-refractivity contribution >= 4 is 28.1 Å². The number of anilines is 1. The van der Waals surface area contributed by atoms with E-state index < -0.39 is 0 Å². The largest absolute Gasteiger partial charge is 0.497 e. The summed E-state index contributed by atoms with van der Waals surface area (Å²) in [5.41, 5.74) is 5.37. The van der Waals surface area contributed by atoms with Gasteiger partial charge in [0, 0.05) is 16.7 Å². The minimum atomic E-state index is -0.284. The van der Waals surface area contributed by atoms with Gasteiger partial charge in [0.05, 0.1) is 25.8 Å². The topological polar surface area (TPSA) is 72.8 Å². The molecule has 122 valence electrons. The van der Waals surface area contributed by atoms with Crippen LogP contribution in [0.3, 0.4) is 0 Å². The summed E-state index contributed by atoms with van der Waals surface area (Å²) in [7, 11) is 1.64. The number of ether oxygens (including phenoxy) is 2. The Balaban J connectivity index is 1.97. The summed E-state index contributed by atoms with van der Waals surface area (Å²) >= 11 is 1.45. The van der Waals surface area contributed by atoms with Gasteiger partial charge in [0.2, 0.25) is 5.13 Å². The van der Waals surface area contributed by atoms with Crippen LogP contribution in [0.25, 0.3) is 11.3 Å². The summed E-state index contributed by atoms with van der Waals surface area (Å²) < 4.78 is 10.0. The standard InChI is InChI=1S/C16H19N3O3S/c1-4-22-15(20)9-11(2)18-19-16-17-14(10-23-16)12-5-7-13(21-3)8-6-12/h5-8,10H,4,9H2,1-3H3,(H,17,19). The fourth-order valence-corrected chi connectivity index (χ4v) is 2.48. The Morgan fingerprint density at radius 1 is 1.35 bits per heavy atom. The molecule has 2 rings (SSSR count). The lowest BCUT2D eigenvalue weighted by Crippen LogP contribution is -2.10. The molecule has 0 amide bonds. The molecule has 2 aromatic rings. The average Bonchev–Trinajstić information content (AvgIpc) is 3.02. The Morgan fingerprint density at radius 3 is 2.74 bits per heavy atom. The Kier molecular flexibility index (Phi) is 6.10. The highest BCUT2D eigenvalue weighted by Crippen LogP contribution is 2.26. The maximum absolute atomic E-state index is 11.4. The number of hydrogen-bond acceptors (Lipinski definition) is 7. The number of nitrogens with one attached hydrogen (secondary N) is 1. The zero-order valence-electron chi connectivity index (χ0n) is 13.3. The Morgan fingerprint density at radius 2 is 2.09 bits per heavy atom. The molecular weight excluding hydrogens is 314 g/mol. The van der Waals surface area contributed by atoms with E-state index in [0.717, 1.165) is 17.0 Å². The Bertz CT molecular complexity index is 680. The molecule has 7 heteroatoms. The molecule has 0 unspecified atom stereocenters. The lowest BCUT2D eigenvalue weighted by atomic mass is 10.2. The van der Waals surface area contributed by atoms with Gasteiger partial charge in [-0.05, 0) is 38.1 Å². The van der Waals surface area contributed by atoms with Crippen molar-refractivity contribution in [2.75, 3.05) is 19.1 Å². The lowest BCUT2D eigenvalue weighted by molar-refractivity contribution is -0.141. The number of esters is 1. The molecule has 0 atom stereocenters. The molecule has 1 N–H and O–H groups in total. The summed E-state index contributed by atoms with van der Waals surface area (Å²) in [5, 5.41) is 6.76. The van der Waals surface area contributed by atoms with Crippen LogP contribution in [-0.2, 0) is 9.53 Å². The van der Waals surface area contributed by atoms with E-state index in [9.17, 15) is 4.79 Å². The van der Waals surface area contributed by atoms with Crippen LogP contribution < -0.4 is 10.2 Å². The lowest BCUT2D eigenvalue weighted by Gasteiger charge is -2.02. The smallest absolute Gasteiger partial charge is 0.311 e. The highest BCUT2D eigenvalue weighted by Gasteiger charge is 2.06. The second-order valence-electron chi connectivity index (χ2n) is 4.71. The average molecular weight is 333 g/mol. The molecule has 1 aromatic carbocycles. The van der Waals surface area contributed by atoms with E-state index in [2.05, 4.69) is 15.5 Å². The zero-order chi connectivity index (χ0) is 16.7. The van der Waals surface area contributed by atoms with Gasteiger partial charge in [-0.3, -0.25) is 10.2 Å². The molecule has 6 nitrogen and oxygen atoms in total. The Labute approximate surface area is 139 Å². The van der Waals surface area contributed by atoms with Crippen LogP contribution in [0.2, 0.25) is 0 Å². The van der Waals surface area contributed by atoms with Gasteiger partial charge in [-0.25, -0.2) is 4.98 Å². The first-order valence-corrected chi connectivity index (χ1v) is 8.05. The third-order valence-corrected chi connectivity index (χ3v) is 3.68. The molecular formula is C16H19N3O3S. The van der Waals surface area contributed by atoms with Crippen molar-refractivity contribution in [1.82, 2.24) is 4.98 Å². The molecule has 0 aliphatic carbocycles. The van der Waals surface area contributed by atoms with Crippen LogP contribution in [0.5, 0.6) is 5.75 Å². The fourth-order valence-electron chi connectivity index (χ4n) is 1.82. The quantitative estimate of drug-likeness (QED) is 0.476. The summed E-state index contributed by atoms with van der Waals surface area (Å²) in [6, 6.07) is 7.69. The second-order valence-corrected chi connectivity index (χ2v) is 5.57. The number of rotatable bonds is 7. The van der Waals surface area contributed by atoms with Crippen molar-refractivity contribution in [3.8, 4) is 17.0 Å². The SMILES string of the molecule is CCOC(=O)CC(C)=NNc1nc(-c2ccc(OC)cc2)cs1. The molecule has 0 bridgehead atoms. The van der Waals surface area contributed by atoms with Gasteiger partial charge in [-0.15, -0.1) is 11.3 Å². The zero-order valence-corrected chi connectivity index (χ0v) is 14.1. The maximum Gasteiger partial charge on any atom is 0.311 e. The molecule has 0 saturated heterocycles. The molecule has 0 radical (unpaired) electrons. The van der Waals surface area contributed by atoms with Crippen molar-refractivity contribution in [1.29, 1.82) is 0 Å². The van der Waals surface area contributed by atoms with Crippen LogP contribution in [-0.4, -0.2) is 30.4 Å². The van der Waals surface area contributed by atoms with Crippen molar-refractivity contribution < 1.29 is 14.3 Å². The van der Waals surface area contributed by atoms with Gasteiger partial charge in [-0.1, -0.05) is 0 Å². The summed E-state index contributed by atoms with van der Waals surface area (Å²) in [5.74, 6) is 0.523. The molecule has 0 spiro atoms. The fraction of sp³-hybridized carbons (Fsp3) is 0.312. The number of methoxy groups -OCH3 is 1. The summed E-state index contributed by atoms with van der Waals surface area (Å²) in [4.78, 5) is 15.8. The number of hydrazone groups is 1. The highest BCUT2D eigenvalue weighted by atomic mass is 32.1. The van der Waals surface area contributed by atoms with Gasteiger partial charge >= 0.3 is 5.97 Å². The predicted molar refractivity (Wildman–Crippen MR) is 92.1 cm³/mol. The van der Waals surface area contributed by atoms with E-state index in [1.165, 1.54) is 11.3 Å². The van der Waals surface area contributed by atoms with E-state index >= 15 is 0 Å². The van der Waals surface area contributed by atoms with Gasteiger partial charge in [0.15, 0.2) is 0 Å². The molecule has 0 aliphatic heterocycles. The summed E-state index contributed by atoms with van der Waals surface area (Å²) in [6.45, 7) is 3.91. The number of benzene rings is 1. The van der Waals surface area contributed by atoms with Crippen molar-refractivity contribution in [2.45, 2.75) is 20.3 Å². The number of aromatic nitrogens is 1. The van der Waals surface area contributed by atoms with Crippen molar-refractivity contribution in [3.63, 3.8) is 0 Å². The molecule has 0 saturated carbocycles. The minimum absolute atomic E-state index is 0.164. The van der Waals surface area contributed by atoms with Gasteiger partial charge in [0.25, 0.3) is 0 Å². The molecule has 1 aromatic heterocycles. The molecule has 23 heavy (non-hydrogen) atoms. The normalized spacial score (nSPS) is 11.2. The van der Waals surface area contributed by atoms with Crippen LogP contribution in [0, 0.1) is 0 Å². The number of nitrogens with zero attached hydrogens (tertiary/aromatic N) is 2. The number of carbonyl (C=O) groups is 1. The molecule has 0 fully saturated rings. The van der Waals surface area contributed by atoms with Crippen molar-refractivity contribution in [3.05, 3.63) is 29.6 Å². The van der Waals surface area contributed by atoms with E-state index in [4.69, 9.17) is 9.47 Å². The third kappa shape index (κ3) is 5.07.